The van der Waals surface area contributed by atoms with Crippen LogP contribution in [0, 0.1) is 17.1 Å². The number of para-hydroxylation sites is 1. The molecule has 0 bridgehead atoms. The number of rotatable bonds is 10. The van der Waals surface area contributed by atoms with Gasteiger partial charge in [0.25, 0.3) is 0 Å². The SMILES string of the molecule is C=C(NCCC)Nc1c(C=N)nc(Nc2ccccc2F)n1CC(C)C. The molecule has 7 heteroatoms. The van der Waals surface area contributed by atoms with Gasteiger partial charge in [0.05, 0.1) is 11.5 Å². The zero-order valence-electron chi connectivity index (χ0n) is 15.6. The van der Waals surface area contributed by atoms with E-state index in [4.69, 9.17) is 5.41 Å². The van der Waals surface area contributed by atoms with Crippen molar-refractivity contribution in [1.29, 1.82) is 5.41 Å². The van der Waals surface area contributed by atoms with Crippen molar-refractivity contribution in [2.45, 2.75) is 33.7 Å². The molecule has 6 nitrogen and oxygen atoms in total. The van der Waals surface area contributed by atoms with E-state index < -0.39 is 0 Å². The summed E-state index contributed by atoms with van der Waals surface area (Å²) in [7, 11) is 0. The van der Waals surface area contributed by atoms with Crippen molar-refractivity contribution in [1.82, 2.24) is 14.9 Å². The molecule has 26 heavy (non-hydrogen) atoms. The molecule has 0 saturated carbocycles. The third-order valence-electron chi connectivity index (χ3n) is 3.66. The lowest BCUT2D eigenvalue weighted by atomic mass is 10.2. The first kappa shape index (κ1) is 19.5. The van der Waals surface area contributed by atoms with Crippen LogP contribution in [-0.4, -0.2) is 22.3 Å². The molecule has 1 aromatic carbocycles. The smallest absolute Gasteiger partial charge is 0.209 e. The van der Waals surface area contributed by atoms with Gasteiger partial charge < -0.3 is 21.4 Å². The average molecular weight is 358 g/mol. The standard InChI is InChI=1S/C19H27FN6/c1-5-10-22-14(4)23-18-17(11-21)25-19(26(18)12-13(2)3)24-16-9-7-6-8-15(16)20/h6-9,11,13,21-23H,4-5,10,12H2,1-3H3,(H,24,25). The summed E-state index contributed by atoms with van der Waals surface area (Å²) in [5.74, 6) is 1.75. The molecule has 0 fully saturated rings. The lowest BCUT2D eigenvalue weighted by Crippen LogP contribution is -2.22. The van der Waals surface area contributed by atoms with Crippen LogP contribution in [0.15, 0.2) is 36.7 Å². The van der Waals surface area contributed by atoms with E-state index in [-0.39, 0.29) is 5.82 Å². The van der Waals surface area contributed by atoms with Crippen molar-refractivity contribution < 1.29 is 4.39 Å². The van der Waals surface area contributed by atoms with Crippen LogP contribution in [0.2, 0.25) is 0 Å². The Morgan fingerprint density at radius 1 is 1.38 bits per heavy atom. The van der Waals surface area contributed by atoms with Crippen LogP contribution >= 0.6 is 0 Å². The fourth-order valence-electron chi connectivity index (χ4n) is 2.49. The highest BCUT2D eigenvalue weighted by molar-refractivity contribution is 5.84. The summed E-state index contributed by atoms with van der Waals surface area (Å²) in [6.07, 6.45) is 2.16. The van der Waals surface area contributed by atoms with Gasteiger partial charge in [0.15, 0.2) is 0 Å². The molecule has 1 aromatic heterocycles. The van der Waals surface area contributed by atoms with Crippen molar-refractivity contribution in [3.8, 4) is 0 Å². The molecule has 0 amide bonds. The highest BCUT2D eigenvalue weighted by Gasteiger charge is 2.18. The van der Waals surface area contributed by atoms with Crippen LogP contribution in [0.4, 0.5) is 21.8 Å². The summed E-state index contributed by atoms with van der Waals surface area (Å²) in [6.45, 7) is 11.7. The fraction of sp³-hybridized carbons (Fsp3) is 0.368. The predicted octanol–water partition coefficient (Wildman–Crippen LogP) is 4.30. The second-order valence-corrected chi connectivity index (χ2v) is 6.45. The molecule has 2 rings (SSSR count). The van der Waals surface area contributed by atoms with Crippen molar-refractivity contribution in [3.63, 3.8) is 0 Å². The van der Waals surface area contributed by atoms with Crippen LogP contribution in [0.1, 0.15) is 32.9 Å². The van der Waals surface area contributed by atoms with Gasteiger partial charge in [-0.1, -0.05) is 39.5 Å². The minimum atomic E-state index is -0.355. The van der Waals surface area contributed by atoms with Gasteiger partial charge in [-0.15, -0.1) is 0 Å². The summed E-state index contributed by atoms with van der Waals surface area (Å²) < 4.78 is 15.9. The van der Waals surface area contributed by atoms with Crippen LogP contribution in [0.25, 0.3) is 0 Å². The summed E-state index contributed by atoms with van der Waals surface area (Å²) in [6, 6.07) is 6.45. The van der Waals surface area contributed by atoms with Gasteiger partial charge >= 0.3 is 0 Å². The van der Waals surface area contributed by atoms with E-state index in [1.165, 1.54) is 12.3 Å². The molecule has 0 aliphatic rings. The first-order chi connectivity index (χ1) is 12.5. The number of halogens is 1. The molecule has 0 spiro atoms. The molecule has 0 aliphatic heterocycles. The number of nitrogens with one attached hydrogen (secondary N) is 4. The Morgan fingerprint density at radius 3 is 2.73 bits per heavy atom. The molecule has 0 unspecified atom stereocenters. The lowest BCUT2D eigenvalue weighted by molar-refractivity contribution is 0.530. The topological polar surface area (TPSA) is 77.8 Å². The quantitative estimate of drug-likeness (QED) is 0.478. The van der Waals surface area contributed by atoms with Crippen molar-refractivity contribution in [2.75, 3.05) is 17.2 Å². The molecular weight excluding hydrogens is 331 g/mol. The highest BCUT2D eigenvalue weighted by Crippen LogP contribution is 2.26. The van der Waals surface area contributed by atoms with Crippen molar-refractivity contribution in [2.24, 2.45) is 5.92 Å². The first-order valence-corrected chi connectivity index (χ1v) is 8.78. The first-order valence-electron chi connectivity index (χ1n) is 8.78. The molecule has 0 atom stereocenters. The molecule has 140 valence electrons. The fourth-order valence-corrected chi connectivity index (χ4v) is 2.49. The van der Waals surface area contributed by atoms with Crippen LogP contribution < -0.4 is 16.0 Å². The maximum absolute atomic E-state index is 14.0. The van der Waals surface area contributed by atoms with Crippen molar-refractivity contribution in [3.05, 3.63) is 48.2 Å². The zero-order valence-corrected chi connectivity index (χ0v) is 15.6. The number of anilines is 3. The van der Waals surface area contributed by atoms with Gasteiger partial charge in [0.1, 0.15) is 17.3 Å². The number of hydrogen-bond donors (Lipinski definition) is 4. The largest absolute Gasteiger partial charge is 0.372 e. The van der Waals surface area contributed by atoms with Crippen LogP contribution in [-0.2, 0) is 6.54 Å². The number of nitrogens with zero attached hydrogens (tertiary/aromatic N) is 2. The van der Waals surface area contributed by atoms with E-state index in [1.807, 2.05) is 4.57 Å². The minimum absolute atomic E-state index is 0.335. The summed E-state index contributed by atoms with van der Waals surface area (Å²) in [5, 5.41) is 17.1. The van der Waals surface area contributed by atoms with E-state index in [2.05, 4.69) is 48.3 Å². The Kier molecular flexibility index (Phi) is 6.77. The summed E-state index contributed by atoms with van der Waals surface area (Å²) >= 11 is 0. The monoisotopic (exact) mass is 358 g/mol. The molecule has 0 saturated heterocycles. The van der Waals surface area contributed by atoms with Crippen LogP contribution in [0.5, 0.6) is 0 Å². The van der Waals surface area contributed by atoms with Crippen molar-refractivity contribution >= 4 is 23.7 Å². The van der Waals surface area contributed by atoms with E-state index in [9.17, 15) is 4.39 Å². The number of aromatic nitrogens is 2. The lowest BCUT2D eigenvalue weighted by Gasteiger charge is -2.18. The third kappa shape index (κ3) is 4.84. The Hall–Kier alpha value is -2.83. The van der Waals surface area contributed by atoms with Gasteiger partial charge in [-0.25, -0.2) is 9.37 Å². The van der Waals surface area contributed by atoms with E-state index in [0.29, 0.717) is 41.4 Å². The summed E-state index contributed by atoms with van der Waals surface area (Å²) in [4.78, 5) is 4.46. The Labute approximate surface area is 154 Å². The average Bonchev–Trinajstić information content (AvgIpc) is 2.91. The van der Waals surface area contributed by atoms with Gasteiger partial charge in [0.2, 0.25) is 5.95 Å². The molecular formula is C19H27FN6. The van der Waals surface area contributed by atoms with Gasteiger partial charge in [-0.05, 0) is 24.5 Å². The van der Waals surface area contributed by atoms with Gasteiger partial charge in [-0.2, -0.15) is 0 Å². The Bertz CT molecular complexity index is 765. The third-order valence-corrected chi connectivity index (χ3v) is 3.66. The van der Waals surface area contributed by atoms with E-state index >= 15 is 0 Å². The second kappa shape index (κ2) is 9.03. The second-order valence-electron chi connectivity index (χ2n) is 6.45. The number of imidazole rings is 1. The van der Waals surface area contributed by atoms with Crippen LogP contribution in [0.3, 0.4) is 0 Å². The number of benzene rings is 1. The van der Waals surface area contributed by atoms with E-state index in [0.717, 1.165) is 13.0 Å². The predicted molar refractivity (Wildman–Crippen MR) is 106 cm³/mol. The molecule has 0 aliphatic carbocycles. The normalized spacial score (nSPS) is 10.7. The molecule has 1 heterocycles. The maximum Gasteiger partial charge on any atom is 0.209 e. The number of hydrogen-bond acceptors (Lipinski definition) is 5. The maximum atomic E-state index is 14.0. The Balaban J connectivity index is 2.39. The molecule has 4 N–H and O–H groups in total. The van der Waals surface area contributed by atoms with Gasteiger partial charge in [-0.3, -0.25) is 4.57 Å². The molecule has 0 radical (unpaired) electrons. The molecule has 2 aromatic rings. The highest BCUT2D eigenvalue weighted by atomic mass is 19.1. The zero-order chi connectivity index (χ0) is 19.1. The van der Waals surface area contributed by atoms with E-state index in [1.54, 1.807) is 18.2 Å². The minimum Gasteiger partial charge on any atom is -0.372 e. The Morgan fingerprint density at radius 2 is 2.12 bits per heavy atom. The summed E-state index contributed by atoms with van der Waals surface area (Å²) in [5.41, 5.74) is 0.803. The van der Waals surface area contributed by atoms with Gasteiger partial charge in [0, 0.05) is 19.3 Å².